The lowest BCUT2D eigenvalue weighted by molar-refractivity contribution is 0.0947. The molecule has 0 spiro atoms. The lowest BCUT2D eigenvalue weighted by atomic mass is 10.1. The van der Waals surface area contributed by atoms with E-state index in [9.17, 15) is 4.79 Å². The van der Waals surface area contributed by atoms with Gasteiger partial charge in [-0.3, -0.25) is 4.79 Å². The molecule has 5 heteroatoms. The molecule has 0 aliphatic rings. The van der Waals surface area contributed by atoms with E-state index in [4.69, 9.17) is 0 Å². The summed E-state index contributed by atoms with van der Waals surface area (Å²) in [6.07, 6.45) is 3.24. The maximum atomic E-state index is 11.9. The molecule has 0 bridgehead atoms. The van der Waals surface area contributed by atoms with Crippen LogP contribution in [0.3, 0.4) is 0 Å². The van der Waals surface area contributed by atoms with Crippen LogP contribution in [-0.2, 0) is 0 Å². The normalized spacial score (nSPS) is 10.4. The summed E-state index contributed by atoms with van der Waals surface area (Å²) in [5.74, 6) is 0.452. The quantitative estimate of drug-likeness (QED) is 0.764. The molecule has 2 N–H and O–H groups in total. The highest BCUT2D eigenvalue weighted by Gasteiger charge is 2.08. The fourth-order valence-electron chi connectivity index (χ4n) is 2.20. The van der Waals surface area contributed by atoms with Gasteiger partial charge in [0.2, 0.25) is 0 Å². The third-order valence-electron chi connectivity index (χ3n) is 3.62. The van der Waals surface area contributed by atoms with Gasteiger partial charge >= 0.3 is 0 Å². The topological polar surface area (TPSA) is 66.9 Å². The molecule has 0 atom stereocenters. The van der Waals surface area contributed by atoms with Crippen LogP contribution in [0.5, 0.6) is 0 Å². The van der Waals surface area contributed by atoms with Crippen LogP contribution < -0.4 is 10.6 Å². The largest absolute Gasteiger partial charge is 0.351 e. The van der Waals surface area contributed by atoms with Crippen LogP contribution in [-0.4, -0.2) is 22.6 Å². The number of amides is 1. The van der Waals surface area contributed by atoms with Gasteiger partial charge in [-0.2, -0.15) is 0 Å². The Labute approximate surface area is 137 Å². The minimum Gasteiger partial charge on any atom is -0.351 e. The van der Waals surface area contributed by atoms with Gasteiger partial charge in [-0.15, -0.1) is 10.2 Å². The van der Waals surface area contributed by atoms with E-state index in [1.54, 1.807) is 12.1 Å². The standard InChI is InChI=1S/C18H24N4O/c1-4-5-6-11-19-18(23)15-9-10-17(22-21-15)20-16-12-13(2)7-8-14(16)3/h7-10,12H,4-6,11H2,1-3H3,(H,19,23)(H,20,22). The van der Waals surface area contributed by atoms with Crippen molar-refractivity contribution in [3.63, 3.8) is 0 Å². The van der Waals surface area contributed by atoms with Gasteiger partial charge < -0.3 is 10.6 Å². The highest BCUT2D eigenvalue weighted by Crippen LogP contribution is 2.20. The van der Waals surface area contributed by atoms with E-state index in [-0.39, 0.29) is 5.91 Å². The van der Waals surface area contributed by atoms with Crippen molar-refractivity contribution in [2.75, 3.05) is 11.9 Å². The van der Waals surface area contributed by atoms with Gasteiger partial charge in [-0.25, -0.2) is 0 Å². The Morgan fingerprint density at radius 1 is 1.09 bits per heavy atom. The van der Waals surface area contributed by atoms with Gasteiger partial charge in [0.15, 0.2) is 11.5 Å². The molecule has 122 valence electrons. The molecule has 0 radical (unpaired) electrons. The summed E-state index contributed by atoms with van der Waals surface area (Å²) in [5.41, 5.74) is 3.65. The number of carbonyl (C=O) groups is 1. The number of aromatic nitrogens is 2. The Morgan fingerprint density at radius 3 is 2.61 bits per heavy atom. The fourth-order valence-corrected chi connectivity index (χ4v) is 2.20. The number of nitrogens with one attached hydrogen (secondary N) is 2. The van der Waals surface area contributed by atoms with E-state index in [0.29, 0.717) is 18.1 Å². The zero-order valence-electron chi connectivity index (χ0n) is 14.0. The molecule has 2 rings (SSSR count). The molecule has 23 heavy (non-hydrogen) atoms. The van der Waals surface area contributed by atoms with Crippen LogP contribution in [0, 0.1) is 13.8 Å². The second-order valence-corrected chi connectivity index (χ2v) is 5.71. The summed E-state index contributed by atoms with van der Waals surface area (Å²) < 4.78 is 0. The third-order valence-corrected chi connectivity index (χ3v) is 3.62. The second-order valence-electron chi connectivity index (χ2n) is 5.71. The zero-order valence-corrected chi connectivity index (χ0v) is 14.0. The van der Waals surface area contributed by atoms with Crippen molar-refractivity contribution in [3.05, 3.63) is 47.2 Å². The monoisotopic (exact) mass is 312 g/mol. The van der Waals surface area contributed by atoms with Crippen LogP contribution in [0.1, 0.15) is 47.8 Å². The van der Waals surface area contributed by atoms with Crippen molar-refractivity contribution in [2.24, 2.45) is 0 Å². The van der Waals surface area contributed by atoms with E-state index in [0.717, 1.165) is 30.5 Å². The van der Waals surface area contributed by atoms with Crippen LogP contribution in [0.2, 0.25) is 0 Å². The molecule has 1 heterocycles. The first kappa shape index (κ1) is 16.9. The van der Waals surface area contributed by atoms with Crippen molar-refractivity contribution in [3.8, 4) is 0 Å². The first-order valence-corrected chi connectivity index (χ1v) is 8.06. The average Bonchev–Trinajstić information content (AvgIpc) is 2.55. The number of benzene rings is 1. The Morgan fingerprint density at radius 2 is 1.91 bits per heavy atom. The molecule has 0 saturated heterocycles. The molecule has 5 nitrogen and oxygen atoms in total. The number of aryl methyl sites for hydroxylation is 2. The van der Waals surface area contributed by atoms with Crippen LogP contribution in [0.15, 0.2) is 30.3 Å². The smallest absolute Gasteiger partial charge is 0.271 e. The highest BCUT2D eigenvalue weighted by atomic mass is 16.1. The van der Waals surface area contributed by atoms with Crippen molar-refractivity contribution in [2.45, 2.75) is 40.0 Å². The van der Waals surface area contributed by atoms with Gasteiger partial charge in [-0.05, 0) is 49.6 Å². The first-order chi connectivity index (χ1) is 11.1. The number of rotatable bonds is 7. The predicted molar refractivity (Wildman–Crippen MR) is 93.1 cm³/mol. The molecule has 1 aromatic heterocycles. The maximum Gasteiger partial charge on any atom is 0.271 e. The number of hydrogen-bond donors (Lipinski definition) is 2. The molecule has 1 aromatic carbocycles. The summed E-state index contributed by atoms with van der Waals surface area (Å²) in [5, 5.41) is 14.2. The molecular formula is C18H24N4O. The lowest BCUT2D eigenvalue weighted by Crippen LogP contribution is -2.25. The summed E-state index contributed by atoms with van der Waals surface area (Å²) in [7, 11) is 0. The van der Waals surface area contributed by atoms with E-state index < -0.39 is 0 Å². The van der Waals surface area contributed by atoms with Gasteiger partial charge in [0.25, 0.3) is 5.91 Å². The van der Waals surface area contributed by atoms with E-state index in [1.165, 1.54) is 5.56 Å². The Kier molecular flexibility index (Phi) is 6.09. The number of nitrogens with zero attached hydrogens (tertiary/aromatic N) is 2. The first-order valence-electron chi connectivity index (χ1n) is 8.06. The predicted octanol–water partition coefficient (Wildman–Crippen LogP) is 3.76. The lowest BCUT2D eigenvalue weighted by Gasteiger charge is -2.09. The van der Waals surface area contributed by atoms with Crippen molar-refractivity contribution < 1.29 is 4.79 Å². The summed E-state index contributed by atoms with van der Waals surface area (Å²) in [6.45, 7) is 6.89. The van der Waals surface area contributed by atoms with Crippen molar-refractivity contribution in [1.82, 2.24) is 15.5 Å². The Balaban J connectivity index is 1.96. The third kappa shape index (κ3) is 5.06. The number of hydrogen-bond acceptors (Lipinski definition) is 4. The average molecular weight is 312 g/mol. The Bertz CT molecular complexity index is 653. The minimum atomic E-state index is -0.174. The summed E-state index contributed by atoms with van der Waals surface area (Å²) >= 11 is 0. The van der Waals surface area contributed by atoms with E-state index >= 15 is 0 Å². The molecule has 0 aliphatic heterocycles. The number of unbranched alkanes of at least 4 members (excludes halogenated alkanes) is 2. The maximum absolute atomic E-state index is 11.9. The van der Waals surface area contributed by atoms with Gasteiger partial charge in [0, 0.05) is 12.2 Å². The summed E-state index contributed by atoms with van der Waals surface area (Å²) in [6, 6.07) is 9.65. The van der Waals surface area contributed by atoms with Crippen LogP contribution in [0.25, 0.3) is 0 Å². The minimum absolute atomic E-state index is 0.174. The fraction of sp³-hybridized carbons (Fsp3) is 0.389. The van der Waals surface area contributed by atoms with Crippen LogP contribution in [0.4, 0.5) is 11.5 Å². The van der Waals surface area contributed by atoms with Crippen LogP contribution >= 0.6 is 0 Å². The molecule has 1 amide bonds. The molecule has 0 saturated carbocycles. The Hall–Kier alpha value is -2.43. The second kappa shape index (κ2) is 8.27. The van der Waals surface area contributed by atoms with Crippen molar-refractivity contribution in [1.29, 1.82) is 0 Å². The van der Waals surface area contributed by atoms with Gasteiger partial charge in [-0.1, -0.05) is 31.9 Å². The number of carbonyl (C=O) groups excluding carboxylic acids is 1. The van der Waals surface area contributed by atoms with E-state index in [1.807, 2.05) is 13.8 Å². The number of anilines is 2. The molecular weight excluding hydrogens is 288 g/mol. The van der Waals surface area contributed by atoms with Gasteiger partial charge in [0.1, 0.15) is 0 Å². The highest BCUT2D eigenvalue weighted by molar-refractivity contribution is 5.92. The molecule has 0 aliphatic carbocycles. The van der Waals surface area contributed by atoms with Crippen molar-refractivity contribution >= 4 is 17.4 Å². The van der Waals surface area contributed by atoms with E-state index in [2.05, 4.69) is 46.0 Å². The molecule has 0 unspecified atom stereocenters. The summed E-state index contributed by atoms with van der Waals surface area (Å²) in [4.78, 5) is 11.9. The molecule has 2 aromatic rings. The van der Waals surface area contributed by atoms with Gasteiger partial charge in [0.05, 0.1) is 0 Å². The zero-order chi connectivity index (χ0) is 16.7. The molecule has 0 fully saturated rings. The SMILES string of the molecule is CCCCCNC(=O)c1ccc(Nc2cc(C)ccc2C)nn1.